The SMILES string of the molecule is CC[C@H](C)[C@H](NP(=O)(OC[C@H]1O[C@H](O)[C@H](NC(C)=O)[C@@H](O)[C@@H]1O)Oc1ccc(OC)cc1)C(=O)OCc1ccccc1. The highest BCUT2D eigenvalue weighted by molar-refractivity contribution is 7.52. The Morgan fingerprint density at radius 3 is 2.26 bits per heavy atom. The number of aliphatic hydroxyl groups is 3. The monoisotopic (exact) mass is 610 g/mol. The zero-order chi connectivity index (χ0) is 30.9. The van der Waals surface area contributed by atoms with Crippen molar-refractivity contribution >= 4 is 19.6 Å². The minimum absolute atomic E-state index is 0.00781. The maximum atomic E-state index is 14.2. The number of carbonyl (C=O) groups is 2. The van der Waals surface area contributed by atoms with Crippen LogP contribution in [-0.2, 0) is 34.8 Å². The fraction of sp³-hybridized carbons (Fsp3) is 0.500. The van der Waals surface area contributed by atoms with Gasteiger partial charge in [-0.25, -0.2) is 4.57 Å². The average molecular weight is 611 g/mol. The van der Waals surface area contributed by atoms with Gasteiger partial charge in [-0.15, -0.1) is 0 Å². The van der Waals surface area contributed by atoms with Crippen molar-refractivity contribution < 1.29 is 52.7 Å². The van der Waals surface area contributed by atoms with E-state index < -0.39 is 62.9 Å². The fourth-order valence-electron chi connectivity index (χ4n) is 4.15. The summed E-state index contributed by atoms with van der Waals surface area (Å²) >= 11 is 0. The van der Waals surface area contributed by atoms with Gasteiger partial charge in [-0.05, 0) is 35.7 Å². The summed E-state index contributed by atoms with van der Waals surface area (Å²) in [6.07, 6.45) is -5.82. The lowest BCUT2D eigenvalue weighted by Gasteiger charge is -2.41. The molecule has 13 nitrogen and oxygen atoms in total. The van der Waals surface area contributed by atoms with Crippen molar-refractivity contribution in [1.82, 2.24) is 10.4 Å². The molecule has 1 unspecified atom stereocenters. The molecule has 42 heavy (non-hydrogen) atoms. The molecule has 1 amide bonds. The van der Waals surface area contributed by atoms with Crippen LogP contribution in [0, 0.1) is 5.92 Å². The first kappa shape index (κ1) is 33.5. The third-order valence-electron chi connectivity index (χ3n) is 6.77. The van der Waals surface area contributed by atoms with Crippen molar-refractivity contribution in [2.45, 2.75) is 70.5 Å². The van der Waals surface area contributed by atoms with Crippen LogP contribution in [0.5, 0.6) is 11.5 Å². The summed E-state index contributed by atoms with van der Waals surface area (Å²) in [7, 11) is -2.94. The van der Waals surface area contributed by atoms with Gasteiger partial charge in [-0.3, -0.25) is 14.1 Å². The number of esters is 1. The number of methoxy groups -OCH3 is 1. The van der Waals surface area contributed by atoms with Gasteiger partial charge in [0.05, 0.1) is 13.7 Å². The largest absolute Gasteiger partial charge is 0.497 e. The average Bonchev–Trinajstić information content (AvgIpc) is 2.98. The van der Waals surface area contributed by atoms with Crippen LogP contribution in [0.3, 0.4) is 0 Å². The van der Waals surface area contributed by atoms with Gasteiger partial charge in [0.1, 0.15) is 48.5 Å². The van der Waals surface area contributed by atoms with Crippen LogP contribution in [-0.4, -0.2) is 77.6 Å². The molecule has 14 heteroatoms. The van der Waals surface area contributed by atoms with Gasteiger partial charge >= 0.3 is 13.7 Å². The third kappa shape index (κ3) is 9.23. The van der Waals surface area contributed by atoms with E-state index in [1.165, 1.54) is 26.2 Å². The molecule has 0 aromatic heterocycles. The van der Waals surface area contributed by atoms with E-state index in [-0.39, 0.29) is 18.3 Å². The zero-order valence-electron chi connectivity index (χ0n) is 23.9. The molecule has 0 aliphatic carbocycles. The second-order valence-corrected chi connectivity index (χ2v) is 11.6. The summed E-state index contributed by atoms with van der Waals surface area (Å²) in [5.74, 6) is -0.983. The maximum absolute atomic E-state index is 14.2. The van der Waals surface area contributed by atoms with Gasteiger partial charge in [0.2, 0.25) is 5.91 Å². The molecule has 0 radical (unpaired) electrons. The first-order chi connectivity index (χ1) is 20.0. The summed E-state index contributed by atoms with van der Waals surface area (Å²) in [4.78, 5) is 24.6. The molecule has 1 saturated heterocycles. The number of nitrogens with one attached hydrogen (secondary N) is 2. The molecule has 2 aromatic rings. The van der Waals surface area contributed by atoms with Crippen LogP contribution in [0.4, 0.5) is 0 Å². The van der Waals surface area contributed by atoms with Gasteiger partial charge in [-0.1, -0.05) is 50.6 Å². The lowest BCUT2D eigenvalue weighted by molar-refractivity contribution is -0.252. The molecule has 2 aromatic carbocycles. The van der Waals surface area contributed by atoms with Crippen LogP contribution in [0.2, 0.25) is 0 Å². The standard InChI is InChI=1S/C28H39N2O11P/c1-5-17(2)23(27(34)38-15-19-9-7-6-8-10-19)30-42(36,41-21-13-11-20(37-4)12-14-21)39-16-22-25(32)26(33)24(28(35)40-22)29-18(3)31/h6-14,17,22-26,28,32-33,35H,5,15-16H2,1-4H3,(H,29,31)(H,30,36)/t17-,22+,23-,24+,25+,26+,28-,42?/m0/s1. The summed E-state index contributed by atoms with van der Waals surface area (Å²) in [5, 5.41) is 36.4. The minimum Gasteiger partial charge on any atom is -0.497 e. The van der Waals surface area contributed by atoms with Crippen molar-refractivity contribution in [2.75, 3.05) is 13.7 Å². The van der Waals surface area contributed by atoms with E-state index in [4.69, 9.17) is 23.3 Å². The van der Waals surface area contributed by atoms with Crippen molar-refractivity contribution in [3.8, 4) is 11.5 Å². The fourth-order valence-corrected chi connectivity index (χ4v) is 5.77. The van der Waals surface area contributed by atoms with E-state index in [0.29, 0.717) is 12.2 Å². The number of ether oxygens (including phenoxy) is 3. The molecule has 8 atom stereocenters. The molecule has 5 N–H and O–H groups in total. The Hall–Kier alpha value is -3.03. The first-order valence-corrected chi connectivity index (χ1v) is 15.0. The maximum Gasteiger partial charge on any atom is 0.459 e. The highest BCUT2D eigenvalue weighted by Gasteiger charge is 2.46. The van der Waals surface area contributed by atoms with Crippen molar-refractivity contribution in [3.05, 3.63) is 60.2 Å². The molecule has 0 spiro atoms. The van der Waals surface area contributed by atoms with Crippen LogP contribution in [0.25, 0.3) is 0 Å². The Balaban J connectivity index is 1.81. The number of carbonyl (C=O) groups excluding carboxylic acids is 2. The number of aliphatic hydroxyl groups excluding tert-OH is 3. The van der Waals surface area contributed by atoms with Gasteiger partial charge in [0, 0.05) is 6.92 Å². The van der Waals surface area contributed by atoms with Crippen molar-refractivity contribution in [2.24, 2.45) is 5.92 Å². The van der Waals surface area contributed by atoms with E-state index >= 15 is 0 Å². The summed E-state index contributed by atoms with van der Waals surface area (Å²) in [5.41, 5.74) is 0.765. The molecule has 3 rings (SSSR count). The molecule has 1 fully saturated rings. The second-order valence-electron chi connectivity index (χ2n) is 9.92. The molecule has 232 valence electrons. The Labute approximate surface area is 244 Å². The number of hydrogen-bond acceptors (Lipinski definition) is 11. The topological polar surface area (TPSA) is 182 Å². The van der Waals surface area contributed by atoms with Crippen LogP contribution < -0.4 is 19.7 Å². The third-order valence-corrected chi connectivity index (χ3v) is 8.31. The lowest BCUT2D eigenvalue weighted by Crippen LogP contribution is -2.64. The normalized spacial score (nSPS) is 25.0. The minimum atomic E-state index is -4.42. The quantitative estimate of drug-likeness (QED) is 0.155. The predicted molar refractivity (Wildman–Crippen MR) is 150 cm³/mol. The number of hydrogen-bond donors (Lipinski definition) is 5. The van der Waals surface area contributed by atoms with E-state index in [9.17, 15) is 29.5 Å². The van der Waals surface area contributed by atoms with Crippen molar-refractivity contribution in [1.29, 1.82) is 0 Å². The summed E-state index contributed by atoms with van der Waals surface area (Å²) in [6, 6.07) is 12.8. The molecule has 0 saturated carbocycles. The zero-order valence-corrected chi connectivity index (χ0v) is 24.8. The van der Waals surface area contributed by atoms with Crippen LogP contribution >= 0.6 is 7.75 Å². The highest BCUT2D eigenvalue weighted by atomic mass is 31.2. The highest BCUT2D eigenvalue weighted by Crippen LogP contribution is 2.46. The summed E-state index contributed by atoms with van der Waals surface area (Å²) in [6.45, 7) is 4.15. The molecule has 0 bridgehead atoms. The molecule has 1 aliphatic heterocycles. The lowest BCUT2D eigenvalue weighted by atomic mass is 9.97. The van der Waals surface area contributed by atoms with Crippen LogP contribution in [0.1, 0.15) is 32.8 Å². The Morgan fingerprint density at radius 2 is 1.67 bits per heavy atom. The van der Waals surface area contributed by atoms with Crippen LogP contribution in [0.15, 0.2) is 54.6 Å². The molecule has 1 heterocycles. The van der Waals surface area contributed by atoms with E-state index in [0.717, 1.165) is 5.56 Å². The Morgan fingerprint density at radius 1 is 1.02 bits per heavy atom. The number of amides is 1. The van der Waals surface area contributed by atoms with Gasteiger partial charge in [-0.2, -0.15) is 5.09 Å². The van der Waals surface area contributed by atoms with E-state index in [1.54, 1.807) is 31.2 Å². The molecule has 1 aliphatic rings. The van der Waals surface area contributed by atoms with Gasteiger partial charge < -0.3 is 39.4 Å². The number of rotatable bonds is 14. The number of benzene rings is 2. The van der Waals surface area contributed by atoms with Gasteiger partial charge in [0.15, 0.2) is 6.29 Å². The van der Waals surface area contributed by atoms with E-state index in [1.807, 2.05) is 25.1 Å². The Kier molecular flexibility index (Phi) is 12.3. The van der Waals surface area contributed by atoms with E-state index in [2.05, 4.69) is 10.4 Å². The smallest absolute Gasteiger partial charge is 0.459 e. The predicted octanol–water partition coefficient (Wildman–Crippen LogP) is 1.89. The van der Waals surface area contributed by atoms with Gasteiger partial charge in [0.25, 0.3) is 0 Å². The van der Waals surface area contributed by atoms with Crippen molar-refractivity contribution in [3.63, 3.8) is 0 Å². The summed E-state index contributed by atoms with van der Waals surface area (Å²) < 4.78 is 41.5. The first-order valence-electron chi connectivity index (χ1n) is 13.5. The second kappa shape index (κ2) is 15.4. The molecular weight excluding hydrogens is 571 g/mol. The molecular formula is C28H39N2O11P. The Bertz CT molecular complexity index is 1200.